The van der Waals surface area contributed by atoms with Crippen LogP contribution in [0.15, 0.2) is 4.99 Å². The van der Waals surface area contributed by atoms with Crippen molar-refractivity contribution in [3.63, 3.8) is 0 Å². The number of rotatable bonds is 0. The molecule has 0 saturated carbocycles. The van der Waals surface area contributed by atoms with E-state index in [1.165, 1.54) is 0 Å². The second-order valence-electron chi connectivity index (χ2n) is 1.94. The zero-order chi connectivity index (χ0) is 9.40. The van der Waals surface area contributed by atoms with Crippen LogP contribution in [0.25, 0.3) is 0 Å². The maximum absolute atomic E-state index is 6.47. The molecule has 12 heavy (non-hydrogen) atoms. The van der Waals surface area contributed by atoms with Gasteiger partial charge in [-0.1, -0.05) is 0 Å². The van der Waals surface area contributed by atoms with Crippen LogP contribution in [0.5, 0.6) is 0 Å². The Morgan fingerprint density at radius 1 is 1.42 bits per heavy atom. The first-order valence-corrected chi connectivity index (χ1v) is 3.29. The van der Waals surface area contributed by atoms with E-state index >= 15 is 0 Å². The van der Waals surface area contributed by atoms with Crippen LogP contribution in [0.2, 0.25) is 0 Å². The number of guanidine groups is 2. The van der Waals surface area contributed by atoms with Crippen LogP contribution in [-0.4, -0.2) is 31.3 Å². The lowest BCUT2D eigenvalue weighted by atomic mass is 10.7. The van der Waals surface area contributed by atoms with Gasteiger partial charge in [-0.3, -0.25) is 21.1 Å². The zero-order valence-electron chi connectivity index (χ0n) is 6.59. The topological polar surface area (TPSA) is 136 Å². The molecule has 0 aromatic rings. The summed E-state index contributed by atoms with van der Waals surface area (Å²) >= 11 is 0. The van der Waals surface area contributed by atoms with Crippen LogP contribution in [0.3, 0.4) is 0 Å². The molecule has 1 aliphatic rings. The van der Waals surface area contributed by atoms with E-state index in [1.807, 2.05) is 5.32 Å². The molecule has 0 radical (unpaired) electrons. The van der Waals surface area contributed by atoms with Gasteiger partial charge >= 0.3 is 0 Å². The standard InChI is InChI=1S/C3H6N2.C2H7N5/c1-2-5-3-4-1;3-1(4)7-2(5)6/h3H,1-2H2,(H,4,5);(H7,3,4,5,6,7). The van der Waals surface area contributed by atoms with Crippen LogP contribution >= 0.6 is 0 Å². The summed E-state index contributed by atoms with van der Waals surface area (Å²) in [7, 11) is 0. The zero-order valence-corrected chi connectivity index (χ0v) is 6.59. The van der Waals surface area contributed by atoms with Crippen molar-refractivity contribution in [2.24, 2.45) is 16.5 Å². The van der Waals surface area contributed by atoms with Crippen molar-refractivity contribution in [3.8, 4) is 0 Å². The molecule has 0 fully saturated rings. The molecular formula is C5H13N7. The van der Waals surface area contributed by atoms with Crippen molar-refractivity contribution in [2.45, 2.75) is 0 Å². The van der Waals surface area contributed by atoms with Crippen LogP contribution in [0.4, 0.5) is 0 Å². The van der Waals surface area contributed by atoms with Gasteiger partial charge in [0.1, 0.15) is 0 Å². The molecule has 0 aromatic carbocycles. The molecule has 1 heterocycles. The predicted octanol–water partition coefficient (Wildman–Crippen LogP) is -2.02. The van der Waals surface area contributed by atoms with Crippen LogP contribution in [0, 0.1) is 10.8 Å². The van der Waals surface area contributed by atoms with Gasteiger partial charge in [0, 0.05) is 6.54 Å². The third-order valence-corrected chi connectivity index (χ3v) is 0.837. The van der Waals surface area contributed by atoms with Crippen molar-refractivity contribution in [1.82, 2.24) is 10.6 Å². The Hall–Kier alpha value is -1.79. The van der Waals surface area contributed by atoms with Crippen LogP contribution < -0.4 is 22.1 Å². The lowest BCUT2D eigenvalue weighted by Crippen LogP contribution is -2.39. The molecule has 7 nitrogen and oxygen atoms in total. The summed E-state index contributed by atoms with van der Waals surface area (Å²) in [5.74, 6) is -0.625. The van der Waals surface area contributed by atoms with E-state index in [-0.39, 0.29) is 11.9 Å². The highest BCUT2D eigenvalue weighted by Gasteiger charge is 1.83. The maximum Gasteiger partial charge on any atom is 0.192 e. The molecule has 0 aromatic heterocycles. The minimum absolute atomic E-state index is 0.312. The summed E-state index contributed by atoms with van der Waals surface area (Å²) in [5.41, 5.74) is 9.49. The van der Waals surface area contributed by atoms with Crippen molar-refractivity contribution >= 4 is 18.3 Å². The van der Waals surface area contributed by atoms with Gasteiger partial charge in [-0.25, -0.2) is 0 Å². The van der Waals surface area contributed by atoms with E-state index in [0.717, 1.165) is 13.1 Å². The lowest BCUT2D eigenvalue weighted by Gasteiger charge is -1.95. The van der Waals surface area contributed by atoms with Gasteiger partial charge in [0.05, 0.1) is 12.9 Å². The molecule has 0 saturated heterocycles. The lowest BCUT2D eigenvalue weighted by molar-refractivity contribution is 0.965. The highest BCUT2D eigenvalue weighted by molar-refractivity contribution is 5.93. The monoisotopic (exact) mass is 171 g/mol. The predicted molar refractivity (Wildman–Crippen MR) is 48.3 cm³/mol. The van der Waals surface area contributed by atoms with Crippen LogP contribution in [-0.2, 0) is 0 Å². The highest BCUT2D eigenvalue weighted by atomic mass is 15.1. The molecule has 8 N–H and O–H groups in total. The molecule has 0 aliphatic carbocycles. The molecule has 0 unspecified atom stereocenters. The van der Waals surface area contributed by atoms with E-state index in [4.69, 9.17) is 22.3 Å². The maximum atomic E-state index is 6.47. The van der Waals surface area contributed by atoms with Crippen molar-refractivity contribution < 1.29 is 0 Å². The Labute approximate surface area is 70.2 Å². The number of nitrogens with one attached hydrogen (secondary N) is 4. The normalized spacial score (nSPS) is 12.3. The minimum Gasteiger partial charge on any atom is -0.375 e. The van der Waals surface area contributed by atoms with Gasteiger partial charge in [0.15, 0.2) is 11.9 Å². The Bertz CT molecular complexity index is 166. The Morgan fingerprint density at radius 2 is 2.00 bits per heavy atom. The average Bonchev–Trinajstić information content (AvgIpc) is 2.36. The van der Waals surface area contributed by atoms with E-state index in [2.05, 4.69) is 10.3 Å². The fourth-order valence-electron chi connectivity index (χ4n) is 0.468. The molecule has 0 bridgehead atoms. The molecule has 1 rings (SSSR count). The smallest absolute Gasteiger partial charge is 0.192 e. The summed E-state index contributed by atoms with van der Waals surface area (Å²) in [6.45, 7) is 1.99. The third-order valence-electron chi connectivity index (χ3n) is 0.837. The molecular weight excluding hydrogens is 158 g/mol. The average molecular weight is 171 g/mol. The second-order valence-corrected chi connectivity index (χ2v) is 1.94. The quantitative estimate of drug-likeness (QED) is 0.185. The number of nitrogens with zero attached hydrogens (tertiary/aromatic N) is 1. The molecule has 0 spiro atoms. The van der Waals surface area contributed by atoms with Gasteiger partial charge < -0.3 is 16.8 Å². The first-order chi connectivity index (χ1) is 5.63. The van der Waals surface area contributed by atoms with Gasteiger partial charge in [-0.05, 0) is 0 Å². The summed E-state index contributed by atoms with van der Waals surface area (Å²) in [4.78, 5) is 3.85. The minimum atomic E-state index is -0.312. The van der Waals surface area contributed by atoms with Gasteiger partial charge in [-0.2, -0.15) is 0 Å². The second kappa shape index (κ2) is 5.96. The first-order valence-electron chi connectivity index (χ1n) is 3.29. The van der Waals surface area contributed by atoms with E-state index in [0.29, 0.717) is 0 Å². The largest absolute Gasteiger partial charge is 0.375 e. The highest BCUT2D eigenvalue weighted by Crippen LogP contribution is 1.68. The first kappa shape index (κ1) is 10.2. The van der Waals surface area contributed by atoms with Crippen molar-refractivity contribution in [2.75, 3.05) is 13.1 Å². The fourth-order valence-corrected chi connectivity index (χ4v) is 0.468. The number of hydrogen-bond donors (Lipinski definition) is 6. The summed E-state index contributed by atoms with van der Waals surface area (Å²) in [6.07, 6.45) is 1.74. The van der Waals surface area contributed by atoms with Crippen molar-refractivity contribution in [3.05, 3.63) is 0 Å². The molecule has 7 heteroatoms. The Morgan fingerprint density at radius 3 is 2.08 bits per heavy atom. The molecule has 1 aliphatic heterocycles. The third kappa shape index (κ3) is 8.21. The Kier molecular flexibility index (Phi) is 5.07. The fraction of sp³-hybridized carbons (Fsp3) is 0.400. The van der Waals surface area contributed by atoms with E-state index in [9.17, 15) is 0 Å². The van der Waals surface area contributed by atoms with Gasteiger partial charge in [-0.15, -0.1) is 0 Å². The van der Waals surface area contributed by atoms with Crippen molar-refractivity contribution in [1.29, 1.82) is 10.8 Å². The number of nitrogens with two attached hydrogens (primary N) is 2. The summed E-state index contributed by atoms with van der Waals surface area (Å²) in [5, 5.41) is 17.9. The molecule has 68 valence electrons. The number of aliphatic imine (C=N–C) groups is 1. The SMILES string of the molecule is C1=NCCN1.N=C(N)NC(=N)N. The van der Waals surface area contributed by atoms with E-state index < -0.39 is 0 Å². The molecule has 0 atom stereocenters. The number of hydrogen-bond acceptors (Lipinski definition) is 4. The summed E-state index contributed by atoms with van der Waals surface area (Å²) < 4.78 is 0. The van der Waals surface area contributed by atoms with Gasteiger partial charge in [0.25, 0.3) is 0 Å². The van der Waals surface area contributed by atoms with Crippen LogP contribution in [0.1, 0.15) is 0 Å². The molecule has 0 amide bonds. The van der Waals surface area contributed by atoms with E-state index in [1.54, 1.807) is 6.34 Å². The summed E-state index contributed by atoms with van der Waals surface area (Å²) in [6, 6.07) is 0. The van der Waals surface area contributed by atoms with Gasteiger partial charge in [0.2, 0.25) is 0 Å². The Balaban J connectivity index is 0.000000211.